The fraction of sp³-hybridized carbons (Fsp3) is 0.200. The molecule has 0 spiro atoms. The van der Waals surface area contributed by atoms with E-state index in [1.54, 1.807) is 12.1 Å². The Morgan fingerprint density at radius 2 is 1.85 bits per heavy atom. The van der Waals surface area contributed by atoms with Crippen LogP contribution in [0.25, 0.3) is 0 Å². The van der Waals surface area contributed by atoms with Gasteiger partial charge in [0.15, 0.2) is 5.15 Å². The number of hydrogen-bond acceptors (Lipinski definition) is 4. The van der Waals surface area contributed by atoms with Gasteiger partial charge in [0.1, 0.15) is 5.03 Å². The van der Waals surface area contributed by atoms with Gasteiger partial charge in [0.25, 0.3) is 0 Å². The molecule has 0 unspecified atom stereocenters. The first-order chi connectivity index (χ1) is 5.97. The molecule has 0 aromatic carbocycles. The van der Waals surface area contributed by atoms with Crippen LogP contribution < -0.4 is 0 Å². The Labute approximate surface area is 103 Å². The van der Waals surface area contributed by atoms with Crippen molar-refractivity contribution in [3.8, 4) is 0 Å². The lowest BCUT2D eigenvalue weighted by atomic mass is 10.6. The predicted octanol–water partition coefficient (Wildman–Crippen LogP) is 4.20. The molecule has 0 aliphatic carbocycles. The second kappa shape index (κ2) is 5.14. The molecule has 8 heteroatoms. The molecule has 0 aliphatic rings. The second-order valence-electron chi connectivity index (χ2n) is 1.81. The van der Waals surface area contributed by atoms with Gasteiger partial charge in [0, 0.05) is 0 Å². The Kier molecular flexibility index (Phi) is 4.75. The molecule has 2 nitrogen and oxygen atoms in total. The number of hydrogen-bond donors (Lipinski definition) is 0. The average Bonchev–Trinajstić information content (AvgIpc) is 2.02. The number of alkyl halides is 3. The molecule has 1 aromatic rings. The number of rotatable bonds is 2. The first-order valence-corrected chi connectivity index (χ1v) is 6.55. The largest absolute Gasteiger partial charge is 0.247 e. The molecule has 0 saturated heterocycles. The van der Waals surface area contributed by atoms with E-state index in [0.29, 0.717) is 10.2 Å². The minimum absolute atomic E-state index is 0.336. The van der Waals surface area contributed by atoms with Crippen molar-refractivity contribution in [1.82, 2.24) is 10.2 Å². The maximum absolute atomic E-state index is 5.53. The molecule has 0 atom stereocenters. The molecule has 72 valence electrons. The molecule has 13 heavy (non-hydrogen) atoms. The number of nitrogens with zero attached hydrogens (tertiary/aromatic N) is 2. The Morgan fingerprint density at radius 1 is 1.15 bits per heavy atom. The van der Waals surface area contributed by atoms with Gasteiger partial charge in [-0.25, -0.2) is 0 Å². The Bertz CT molecular complexity index is 273. The smallest absolute Gasteiger partial charge is 0.142 e. The van der Waals surface area contributed by atoms with Crippen LogP contribution in [0.2, 0.25) is 5.15 Å². The highest BCUT2D eigenvalue weighted by molar-refractivity contribution is 8.78. The molecule has 0 bridgehead atoms. The summed E-state index contributed by atoms with van der Waals surface area (Å²) < 4.78 is -1.36. The minimum atomic E-state index is -1.36. The summed E-state index contributed by atoms with van der Waals surface area (Å²) in [6.07, 6.45) is 0. The third kappa shape index (κ3) is 5.40. The van der Waals surface area contributed by atoms with Crippen LogP contribution in [0.1, 0.15) is 0 Å². The van der Waals surface area contributed by atoms with Gasteiger partial charge in [0.05, 0.1) is 0 Å². The highest BCUT2D eigenvalue weighted by Gasteiger charge is 2.21. The molecule has 1 rings (SSSR count). The van der Waals surface area contributed by atoms with Crippen LogP contribution in [-0.4, -0.2) is 13.3 Å². The monoisotopic (exact) mass is 294 g/mol. The van der Waals surface area contributed by atoms with Crippen molar-refractivity contribution in [3.63, 3.8) is 0 Å². The maximum Gasteiger partial charge on any atom is 0.247 e. The molecule has 0 N–H and O–H groups in total. The van der Waals surface area contributed by atoms with E-state index in [2.05, 4.69) is 10.2 Å². The quantitative estimate of drug-likeness (QED) is 0.603. The zero-order chi connectivity index (χ0) is 9.90. The summed E-state index contributed by atoms with van der Waals surface area (Å²) in [7, 11) is 2.28. The highest BCUT2D eigenvalue weighted by atomic mass is 35.6. The van der Waals surface area contributed by atoms with Crippen LogP contribution in [0, 0.1) is 0 Å². The van der Waals surface area contributed by atoms with E-state index < -0.39 is 3.12 Å². The zero-order valence-corrected chi connectivity index (χ0v) is 10.5. The van der Waals surface area contributed by atoms with Gasteiger partial charge in [0.2, 0.25) is 3.12 Å². The normalized spacial score (nSPS) is 11.7. The lowest BCUT2D eigenvalue weighted by Gasteiger charge is -2.07. The van der Waals surface area contributed by atoms with Crippen LogP contribution in [0.15, 0.2) is 17.2 Å². The van der Waals surface area contributed by atoms with Crippen molar-refractivity contribution in [2.24, 2.45) is 0 Å². The first kappa shape index (κ1) is 12.0. The number of aromatic nitrogens is 2. The summed E-state index contributed by atoms with van der Waals surface area (Å²) in [5, 5.41) is 8.37. The van der Waals surface area contributed by atoms with E-state index in [-0.39, 0.29) is 0 Å². The van der Waals surface area contributed by atoms with Gasteiger partial charge in [-0.2, -0.15) is 0 Å². The van der Waals surface area contributed by atoms with E-state index in [1.807, 2.05) is 0 Å². The lowest BCUT2D eigenvalue weighted by molar-refractivity contribution is 0.933. The summed E-state index contributed by atoms with van der Waals surface area (Å²) in [6, 6.07) is 3.32. The molecule has 0 radical (unpaired) electrons. The topological polar surface area (TPSA) is 25.8 Å². The summed E-state index contributed by atoms with van der Waals surface area (Å²) in [4.78, 5) is 0. The SMILES string of the molecule is Clc1ccc(SSC(Cl)(Cl)Cl)nn1. The molecular formula is C5H2Cl4N2S2. The Morgan fingerprint density at radius 3 is 2.31 bits per heavy atom. The predicted molar refractivity (Wildman–Crippen MR) is 60.8 cm³/mol. The summed E-state index contributed by atoms with van der Waals surface area (Å²) in [6.45, 7) is 0. The van der Waals surface area contributed by atoms with Crippen molar-refractivity contribution in [3.05, 3.63) is 17.3 Å². The second-order valence-corrected chi connectivity index (χ2v) is 7.51. The molecule has 0 amide bonds. The van der Waals surface area contributed by atoms with Gasteiger partial charge < -0.3 is 0 Å². The van der Waals surface area contributed by atoms with Crippen LogP contribution in [0.3, 0.4) is 0 Å². The van der Waals surface area contributed by atoms with Crippen molar-refractivity contribution in [1.29, 1.82) is 0 Å². The van der Waals surface area contributed by atoms with Crippen molar-refractivity contribution >= 4 is 68.0 Å². The summed E-state index contributed by atoms with van der Waals surface area (Å²) in [5.74, 6) is 0. The maximum atomic E-state index is 5.53. The van der Waals surface area contributed by atoms with E-state index >= 15 is 0 Å². The van der Waals surface area contributed by atoms with Crippen LogP contribution in [-0.2, 0) is 0 Å². The average molecular weight is 296 g/mol. The highest BCUT2D eigenvalue weighted by Crippen LogP contribution is 2.48. The van der Waals surface area contributed by atoms with Crippen LogP contribution in [0.5, 0.6) is 0 Å². The molecule has 0 aliphatic heterocycles. The third-order valence-corrected chi connectivity index (χ3v) is 4.72. The van der Waals surface area contributed by atoms with Gasteiger partial charge >= 0.3 is 0 Å². The van der Waals surface area contributed by atoms with Gasteiger partial charge in [-0.1, -0.05) is 46.4 Å². The number of halogens is 4. The van der Waals surface area contributed by atoms with Crippen LogP contribution in [0.4, 0.5) is 0 Å². The molecule has 0 fully saturated rings. The Hall–Kier alpha value is 0.940. The molecule has 1 heterocycles. The van der Waals surface area contributed by atoms with Gasteiger partial charge in [-0.05, 0) is 33.7 Å². The molecule has 1 aromatic heterocycles. The van der Waals surface area contributed by atoms with Crippen molar-refractivity contribution in [2.45, 2.75) is 8.15 Å². The van der Waals surface area contributed by atoms with Crippen molar-refractivity contribution < 1.29 is 0 Å². The third-order valence-electron chi connectivity index (χ3n) is 0.829. The Balaban J connectivity index is 2.51. The summed E-state index contributed by atoms with van der Waals surface area (Å²) in [5.41, 5.74) is 0. The van der Waals surface area contributed by atoms with Crippen LogP contribution >= 0.6 is 68.0 Å². The fourth-order valence-corrected chi connectivity index (χ4v) is 2.57. The van der Waals surface area contributed by atoms with Crippen molar-refractivity contribution in [2.75, 3.05) is 0 Å². The van der Waals surface area contributed by atoms with E-state index in [0.717, 1.165) is 10.8 Å². The summed E-state index contributed by atoms with van der Waals surface area (Å²) >= 11 is 22.1. The van der Waals surface area contributed by atoms with E-state index in [4.69, 9.17) is 46.4 Å². The van der Waals surface area contributed by atoms with Gasteiger partial charge in [-0.15, -0.1) is 10.2 Å². The van der Waals surface area contributed by atoms with E-state index in [1.165, 1.54) is 10.8 Å². The molecule has 0 saturated carbocycles. The first-order valence-electron chi connectivity index (χ1n) is 2.89. The van der Waals surface area contributed by atoms with E-state index in [9.17, 15) is 0 Å². The standard InChI is InChI=1S/C5H2Cl4N2S2/c6-3-1-2-4(11-10-3)12-13-5(7,8)9/h1-2H. The zero-order valence-electron chi connectivity index (χ0n) is 5.88. The minimum Gasteiger partial charge on any atom is -0.142 e. The molecular weight excluding hydrogens is 294 g/mol. The fourth-order valence-electron chi connectivity index (χ4n) is 0.438. The van der Waals surface area contributed by atoms with Gasteiger partial charge in [-0.3, -0.25) is 0 Å². The lowest BCUT2D eigenvalue weighted by Crippen LogP contribution is -1.90.